The van der Waals surface area contributed by atoms with Crippen LogP contribution < -0.4 is 10.1 Å². The molecule has 0 saturated heterocycles. The first kappa shape index (κ1) is 16.5. The zero-order valence-corrected chi connectivity index (χ0v) is 15.6. The number of benzene rings is 2. The van der Waals surface area contributed by atoms with Crippen molar-refractivity contribution < 1.29 is 4.74 Å². The molecule has 0 aliphatic heterocycles. The Morgan fingerprint density at radius 1 is 1.05 bits per heavy atom. The van der Waals surface area contributed by atoms with E-state index < -0.39 is 0 Å². The van der Waals surface area contributed by atoms with Gasteiger partial charge in [-0.3, -0.25) is 0 Å². The third kappa shape index (κ3) is 3.87. The lowest BCUT2D eigenvalue weighted by Gasteiger charge is -2.19. The maximum Gasteiger partial charge on any atom is 0.133 e. The molecule has 1 N–H and O–H groups in total. The quantitative estimate of drug-likeness (QED) is 0.725. The van der Waals surface area contributed by atoms with E-state index in [2.05, 4.69) is 74.4 Å². The fraction of sp³-hybridized carbons (Fsp3) is 0.294. The van der Waals surface area contributed by atoms with Crippen LogP contribution in [0.4, 0.5) is 0 Å². The molecule has 1 atom stereocenters. The molecule has 2 rings (SSSR count). The zero-order chi connectivity index (χ0) is 15.4. The minimum atomic E-state index is 0.156. The van der Waals surface area contributed by atoms with E-state index in [9.17, 15) is 0 Å². The second-order valence-electron chi connectivity index (χ2n) is 4.85. The number of rotatable bonds is 5. The Bertz CT molecular complexity index is 628. The van der Waals surface area contributed by atoms with Gasteiger partial charge in [0.2, 0.25) is 0 Å². The van der Waals surface area contributed by atoms with Crippen LogP contribution in [-0.2, 0) is 0 Å². The van der Waals surface area contributed by atoms with E-state index in [1.807, 2.05) is 20.0 Å². The average molecular weight is 413 g/mol. The van der Waals surface area contributed by atoms with Gasteiger partial charge in [0.05, 0.1) is 17.1 Å². The van der Waals surface area contributed by atoms with E-state index in [4.69, 9.17) is 4.74 Å². The molecule has 0 radical (unpaired) electrons. The van der Waals surface area contributed by atoms with Crippen molar-refractivity contribution in [2.45, 2.75) is 19.9 Å². The summed E-state index contributed by atoms with van der Waals surface area (Å²) in [6.07, 6.45) is 0. The Balaban J connectivity index is 2.36. The lowest BCUT2D eigenvalue weighted by molar-refractivity contribution is 0.338. The van der Waals surface area contributed by atoms with E-state index in [1.54, 1.807) is 0 Å². The Morgan fingerprint density at radius 2 is 1.71 bits per heavy atom. The highest BCUT2D eigenvalue weighted by molar-refractivity contribution is 9.10. The lowest BCUT2D eigenvalue weighted by Crippen LogP contribution is -2.17. The molecule has 1 unspecified atom stereocenters. The molecule has 0 spiro atoms. The normalized spacial score (nSPS) is 12.2. The molecule has 2 aromatic rings. The molecule has 0 aliphatic rings. The minimum Gasteiger partial charge on any atom is -0.493 e. The summed E-state index contributed by atoms with van der Waals surface area (Å²) in [7, 11) is 1.98. The van der Waals surface area contributed by atoms with E-state index in [0.29, 0.717) is 6.61 Å². The molecule has 0 bridgehead atoms. The molecule has 0 amide bonds. The number of hydrogen-bond acceptors (Lipinski definition) is 2. The number of nitrogens with one attached hydrogen (secondary N) is 1. The van der Waals surface area contributed by atoms with E-state index in [-0.39, 0.29) is 6.04 Å². The second-order valence-corrected chi connectivity index (χ2v) is 6.56. The van der Waals surface area contributed by atoms with E-state index in [0.717, 1.165) is 14.7 Å². The SMILES string of the molecule is CCOc1ccc(C(NC)c2ccc(Br)c(C)c2)cc1Br. The van der Waals surface area contributed by atoms with Crippen LogP contribution in [0.3, 0.4) is 0 Å². The Labute approximate surface area is 143 Å². The lowest BCUT2D eigenvalue weighted by atomic mass is 9.97. The van der Waals surface area contributed by atoms with Crippen molar-refractivity contribution in [2.24, 2.45) is 0 Å². The number of hydrogen-bond donors (Lipinski definition) is 1. The molecule has 4 heteroatoms. The van der Waals surface area contributed by atoms with Crippen molar-refractivity contribution in [1.82, 2.24) is 5.32 Å². The second kappa shape index (κ2) is 7.43. The first-order valence-electron chi connectivity index (χ1n) is 6.92. The van der Waals surface area contributed by atoms with Gasteiger partial charge in [-0.2, -0.15) is 0 Å². The van der Waals surface area contributed by atoms with Gasteiger partial charge >= 0.3 is 0 Å². The molecule has 0 heterocycles. The fourth-order valence-corrected chi connectivity index (χ4v) is 3.10. The fourth-order valence-electron chi connectivity index (χ4n) is 2.34. The Morgan fingerprint density at radius 3 is 2.29 bits per heavy atom. The smallest absolute Gasteiger partial charge is 0.133 e. The topological polar surface area (TPSA) is 21.3 Å². The number of halogens is 2. The molecular formula is C17H19Br2NO. The molecule has 21 heavy (non-hydrogen) atoms. The maximum absolute atomic E-state index is 5.57. The average Bonchev–Trinajstić information content (AvgIpc) is 2.46. The highest BCUT2D eigenvalue weighted by Gasteiger charge is 2.14. The van der Waals surface area contributed by atoms with Crippen LogP contribution in [0.1, 0.15) is 29.7 Å². The Kier molecular flexibility index (Phi) is 5.85. The highest BCUT2D eigenvalue weighted by Crippen LogP contribution is 2.31. The predicted molar refractivity (Wildman–Crippen MR) is 95.1 cm³/mol. The van der Waals surface area contributed by atoms with Crippen LogP contribution in [0, 0.1) is 6.92 Å². The molecule has 2 aromatic carbocycles. The largest absolute Gasteiger partial charge is 0.493 e. The summed E-state index contributed by atoms with van der Waals surface area (Å²) < 4.78 is 7.69. The van der Waals surface area contributed by atoms with Gasteiger partial charge in [0.15, 0.2) is 0 Å². The third-order valence-electron chi connectivity index (χ3n) is 3.39. The van der Waals surface area contributed by atoms with Crippen LogP contribution in [0.25, 0.3) is 0 Å². The van der Waals surface area contributed by atoms with Gasteiger partial charge in [-0.1, -0.05) is 34.1 Å². The molecule has 0 fully saturated rings. The monoisotopic (exact) mass is 411 g/mol. The van der Waals surface area contributed by atoms with E-state index in [1.165, 1.54) is 16.7 Å². The van der Waals surface area contributed by atoms with Gasteiger partial charge in [-0.05, 0) is 71.7 Å². The van der Waals surface area contributed by atoms with Gasteiger partial charge in [0, 0.05) is 4.47 Å². The standard InChI is InChI=1S/C17H19Br2NO/c1-4-21-16-8-6-13(10-15(16)19)17(20-3)12-5-7-14(18)11(2)9-12/h5-10,17,20H,4H2,1-3H3. The van der Waals surface area contributed by atoms with Crippen molar-refractivity contribution in [3.63, 3.8) is 0 Å². The summed E-state index contributed by atoms with van der Waals surface area (Å²) in [5.41, 5.74) is 3.68. The molecular weight excluding hydrogens is 394 g/mol. The van der Waals surface area contributed by atoms with Gasteiger partial charge in [-0.15, -0.1) is 0 Å². The van der Waals surface area contributed by atoms with Crippen molar-refractivity contribution in [3.05, 3.63) is 62.0 Å². The van der Waals surface area contributed by atoms with Gasteiger partial charge in [0.1, 0.15) is 5.75 Å². The number of ether oxygens (including phenoxy) is 1. The first-order chi connectivity index (χ1) is 10.1. The predicted octanol–water partition coefficient (Wildman–Crippen LogP) is 5.23. The first-order valence-corrected chi connectivity index (χ1v) is 8.51. The molecule has 2 nitrogen and oxygen atoms in total. The minimum absolute atomic E-state index is 0.156. The summed E-state index contributed by atoms with van der Waals surface area (Å²) in [4.78, 5) is 0. The zero-order valence-electron chi connectivity index (χ0n) is 12.4. The van der Waals surface area contributed by atoms with Gasteiger partial charge in [-0.25, -0.2) is 0 Å². The molecule has 0 saturated carbocycles. The molecule has 112 valence electrons. The summed E-state index contributed by atoms with van der Waals surface area (Å²) in [5, 5.41) is 3.38. The van der Waals surface area contributed by atoms with Crippen LogP contribution in [0.15, 0.2) is 45.3 Å². The van der Waals surface area contributed by atoms with Gasteiger partial charge in [0.25, 0.3) is 0 Å². The maximum atomic E-state index is 5.57. The van der Waals surface area contributed by atoms with Crippen molar-refractivity contribution in [3.8, 4) is 5.75 Å². The van der Waals surface area contributed by atoms with Crippen LogP contribution >= 0.6 is 31.9 Å². The van der Waals surface area contributed by atoms with Crippen molar-refractivity contribution >= 4 is 31.9 Å². The van der Waals surface area contributed by atoms with Crippen LogP contribution in [-0.4, -0.2) is 13.7 Å². The summed E-state index contributed by atoms with van der Waals surface area (Å²) in [5.74, 6) is 0.878. The van der Waals surface area contributed by atoms with Gasteiger partial charge < -0.3 is 10.1 Å². The van der Waals surface area contributed by atoms with Crippen molar-refractivity contribution in [2.75, 3.05) is 13.7 Å². The highest BCUT2D eigenvalue weighted by atomic mass is 79.9. The van der Waals surface area contributed by atoms with E-state index >= 15 is 0 Å². The van der Waals surface area contributed by atoms with Crippen LogP contribution in [0.5, 0.6) is 5.75 Å². The molecule has 0 aromatic heterocycles. The van der Waals surface area contributed by atoms with Crippen LogP contribution in [0.2, 0.25) is 0 Å². The summed E-state index contributed by atoms with van der Waals surface area (Å²) in [6.45, 7) is 4.76. The number of aryl methyl sites for hydroxylation is 1. The third-order valence-corrected chi connectivity index (χ3v) is 4.90. The summed E-state index contributed by atoms with van der Waals surface area (Å²) >= 11 is 7.13. The summed E-state index contributed by atoms with van der Waals surface area (Å²) in [6, 6.07) is 12.8. The van der Waals surface area contributed by atoms with Crippen molar-refractivity contribution in [1.29, 1.82) is 0 Å². The molecule has 0 aliphatic carbocycles. The Hall–Kier alpha value is -0.840.